The molecule has 1 aliphatic heterocycles. The molecule has 0 bridgehead atoms. The Morgan fingerprint density at radius 2 is 2.31 bits per heavy atom. The van der Waals surface area contributed by atoms with E-state index in [1.54, 1.807) is 12.1 Å². The molecule has 2 rings (SSSR count). The number of ketones is 1. The summed E-state index contributed by atoms with van der Waals surface area (Å²) in [4.78, 5) is 11.5. The second-order valence-corrected chi connectivity index (χ2v) is 3.21. The van der Waals surface area contributed by atoms with Crippen molar-refractivity contribution >= 4 is 5.78 Å². The standard InChI is InChI=1S/C10H10O3/c1-6-5-8(12)10-7(11)3-2-4-9(10)13-6/h2-4,6,11H,5H2,1H3. The van der Waals surface area contributed by atoms with Crippen LogP contribution in [-0.2, 0) is 0 Å². The molecule has 1 heterocycles. The molecule has 0 amide bonds. The highest BCUT2D eigenvalue weighted by Gasteiger charge is 2.25. The van der Waals surface area contributed by atoms with Crippen LogP contribution in [0.2, 0.25) is 0 Å². The Balaban J connectivity index is 2.55. The third-order valence-electron chi connectivity index (χ3n) is 2.08. The molecule has 1 unspecified atom stereocenters. The van der Waals surface area contributed by atoms with Gasteiger partial charge < -0.3 is 9.84 Å². The van der Waals surface area contributed by atoms with Crippen molar-refractivity contribution < 1.29 is 14.6 Å². The Morgan fingerprint density at radius 3 is 3.08 bits per heavy atom. The summed E-state index contributed by atoms with van der Waals surface area (Å²) in [6.45, 7) is 1.84. The molecular formula is C10H10O3. The van der Waals surface area contributed by atoms with E-state index in [2.05, 4.69) is 0 Å². The van der Waals surface area contributed by atoms with E-state index in [1.165, 1.54) is 6.07 Å². The van der Waals surface area contributed by atoms with Crippen LogP contribution in [0, 0.1) is 0 Å². The fourth-order valence-corrected chi connectivity index (χ4v) is 1.52. The van der Waals surface area contributed by atoms with E-state index in [4.69, 9.17) is 4.74 Å². The van der Waals surface area contributed by atoms with Gasteiger partial charge in [0.05, 0.1) is 0 Å². The van der Waals surface area contributed by atoms with Crippen LogP contribution in [0.5, 0.6) is 11.5 Å². The molecule has 0 saturated carbocycles. The molecule has 0 fully saturated rings. The number of aromatic hydroxyl groups is 1. The van der Waals surface area contributed by atoms with Crippen molar-refractivity contribution in [2.75, 3.05) is 0 Å². The van der Waals surface area contributed by atoms with Gasteiger partial charge in [0.15, 0.2) is 5.78 Å². The zero-order valence-corrected chi connectivity index (χ0v) is 7.28. The van der Waals surface area contributed by atoms with E-state index < -0.39 is 0 Å². The first-order valence-electron chi connectivity index (χ1n) is 4.20. The lowest BCUT2D eigenvalue weighted by Gasteiger charge is -2.22. The van der Waals surface area contributed by atoms with E-state index in [0.29, 0.717) is 17.7 Å². The fourth-order valence-electron chi connectivity index (χ4n) is 1.52. The van der Waals surface area contributed by atoms with Gasteiger partial charge in [-0.1, -0.05) is 6.07 Å². The van der Waals surface area contributed by atoms with Crippen LogP contribution >= 0.6 is 0 Å². The summed E-state index contributed by atoms with van der Waals surface area (Å²) in [7, 11) is 0. The zero-order valence-electron chi connectivity index (χ0n) is 7.28. The van der Waals surface area contributed by atoms with E-state index >= 15 is 0 Å². The number of phenolic OH excluding ortho intramolecular Hbond substituents is 1. The van der Waals surface area contributed by atoms with Gasteiger partial charge in [-0.3, -0.25) is 4.79 Å². The molecule has 68 valence electrons. The third-order valence-corrected chi connectivity index (χ3v) is 2.08. The lowest BCUT2D eigenvalue weighted by Crippen LogP contribution is -2.23. The number of hydrogen-bond donors (Lipinski definition) is 1. The van der Waals surface area contributed by atoms with Crippen LogP contribution in [0.3, 0.4) is 0 Å². The normalized spacial score (nSPS) is 20.7. The Bertz CT molecular complexity index is 357. The van der Waals surface area contributed by atoms with Crippen molar-refractivity contribution in [3.05, 3.63) is 23.8 Å². The smallest absolute Gasteiger partial charge is 0.174 e. The second-order valence-electron chi connectivity index (χ2n) is 3.21. The Morgan fingerprint density at radius 1 is 1.54 bits per heavy atom. The Labute approximate surface area is 76.0 Å². The maximum absolute atomic E-state index is 11.5. The highest BCUT2D eigenvalue weighted by molar-refractivity contribution is 6.02. The molecule has 1 aromatic carbocycles. The first kappa shape index (κ1) is 8.10. The predicted molar refractivity (Wildman–Crippen MR) is 47.1 cm³/mol. The quantitative estimate of drug-likeness (QED) is 0.658. The summed E-state index contributed by atoms with van der Waals surface area (Å²) in [5.74, 6) is 0.449. The summed E-state index contributed by atoms with van der Waals surface area (Å²) in [6, 6.07) is 4.86. The van der Waals surface area contributed by atoms with E-state index in [0.717, 1.165) is 0 Å². The molecule has 0 spiro atoms. The van der Waals surface area contributed by atoms with Gasteiger partial charge in [-0.2, -0.15) is 0 Å². The van der Waals surface area contributed by atoms with Crippen molar-refractivity contribution in [1.82, 2.24) is 0 Å². The van der Waals surface area contributed by atoms with Gasteiger partial charge >= 0.3 is 0 Å². The van der Waals surface area contributed by atoms with Gasteiger partial charge in [-0.15, -0.1) is 0 Å². The molecule has 3 heteroatoms. The lowest BCUT2D eigenvalue weighted by molar-refractivity contribution is 0.0866. The van der Waals surface area contributed by atoms with Crippen LogP contribution in [0.4, 0.5) is 0 Å². The molecule has 1 aromatic rings. The zero-order chi connectivity index (χ0) is 9.42. The second kappa shape index (κ2) is 2.76. The molecule has 1 atom stereocenters. The summed E-state index contributed by atoms with van der Waals surface area (Å²) in [5.41, 5.74) is 0.320. The summed E-state index contributed by atoms with van der Waals surface area (Å²) in [5, 5.41) is 9.41. The molecule has 13 heavy (non-hydrogen) atoms. The van der Waals surface area contributed by atoms with Gasteiger partial charge in [0, 0.05) is 6.42 Å². The Hall–Kier alpha value is -1.51. The van der Waals surface area contributed by atoms with E-state index in [-0.39, 0.29) is 17.6 Å². The van der Waals surface area contributed by atoms with Gasteiger partial charge in [0.25, 0.3) is 0 Å². The monoisotopic (exact) mass is 178 g/mol. The van der Waals surface area contributed by atoms with Crippen LogP contribution in [0.25, 0.3) is 0 Å². The number of Topliss-reactive ketones (excluding diaryl/α,β-unsaturated/α-hetero) is 1. The number of hydrogen-bond acceptors (Lipinski definition) is 3. The SMILES string of the molecule is CC1CC(=O)c2c(O)cccc2O1. The molecule has 0 saturated heterocycles. The average molecular weight is 178 g/mol. The number of fused-ring (bicyclic) bond motifs is 1. The third kappa shape index (κ3) is 1.26. The predicted octanol–water partition coefficient (Wildman–Crippen LogP) is 1.75. The summed E-state index contributed by atoms with van der Waals surface area (Å²) in [6.07, 6.45) is 0.242. The van der Waals surface area contributed by atoms with Crippen LogP contribution in [0.15, 0.2) is 18.2 Å². The summed E-state index contributed by atoms with van der Waals surface area (Å²) < 4.78 is 5.40. The van der Waals surface area contributed by atoms with Crippen molar-refractivity contribution in [1.29, 1.82) is 0 Å². The maximum Gasteiger partial charge on any atom is 0.174 e. The van der Waals surface area contributed by atoms with Gasteiger partial charge in [0.2, 0.25) is 0 Å². The minimum atomic E-state index is -0.0956. The van der Waals surface area contributed by atoms with Crippen molar-refractivity contribution in [3.8, 4) is 11.5 Å². The van der Waals surface area contributed by atoms with Gasteiger partial charge in [-0.25, -0.2) is 0 Å². The summed E-state index contributed by atoms with van der Waals surface area (Å²) >= 11 is 0. The number of phenols is 1. The first-order valence-corrected chi connectivity index (χ1v) is 4.20. The Kier molecular flexibility index (Phi) is 1.72. The van der Waals surface area contributed by atoms with E-state index in [9.17, 15) is 9.90 Å². The number of carbonyl (C=O) groups excluding carboxylic acids is 1. The minimum absolute atomic E-state index is 0.00870. The first-order chi connectivity index (χ1) is 6.18. The number of rotatable bonds is 0. The van der Waals surface area contributed by atoms with Gasteiger partial charge in [0.1, 0.15) is 23.2 Å². The fraction of sp³-hybridized carbons (Fsp3) is 0.300. The largest absolute Gasteiger partial charge is 0.507 e. The van der Waals surface area contributed by atoms with Crippen LogP contribution in [-0.4, -0.2) is 17.0 Å². The lowest BCUT2D eigenvalue weighted by atomic mass is 10.0. The van der Waals surface area contributed by atoms with Gasteiger partial charge in [-0.05, 0) is 19.1 Å². The molecule has 3 nitrogen and oxygen atoms in total. The van der Waals surface area contributed by atoms with E-state index in [1.807, 2.05) is 6.92 Å². The highest BCUT2D eigenvalue weighted by atomic mass is 16.5. The van der Waals surface area contributed by atoms with Crippen LogP contribution in [0.1, 0.15) is 23.7 Å². The number of carbonyl (C=O) groups is 1. The van der Waals surface area contributed by atoms with Crippen LogP contribution < -0.4 is 4.74 Å². The number of benzene rings is 1. The molecule has 0 aliphatic carbocycles. The number of ether oxygens (including phenoxy) is 1. The molecule has 0 aromatic heterocycles. The topological polar surface area (TPSA) is 46.5 Å². The molecular weight excluding hydrogens is 168 g/mol. The highest BCUT2D eigenvalue weighted by Crippen LogP contribution is 2.33. The average Bonchev–Trinajstić information content (AvgIpc) is 2.02. The molecule has 1 N–H and O–H groups in total. The van der Waals surface area contributed by atoms with Crippen molar-refractivity contribution in [2.45, 2.75) is 19.4 Å². The maximum atomic E-state index is 11.5. The van der Waals surface area contributed by atoms with Crippen molar-refractivity contribution in [3.63, 3.8) is 0 Å². The molecule has 1 aliphatic rings. The molecule has 0 radical (unpaired) electrons. The minimum Gasteiger partial charge on any atom is -0.507 e. The van der Waals surface area contributed by atoms with Crippen molar-refractivity contribution in [2.24, 2.45) is 0 Å².